The Bertz CT molecular complexity index is 1020. The van der Waals surface area contributed by atoms with E-state index in [1.807, 2.05) is 31.2 Å². The third-order valence-corrected chi connectivity index (χ3v) is 4.77. The number of carbonyl (C=O) groups is 1. The molecule has 2 heterocycles. The number of halogens is 3. The van der Waals surface area contributed by atoms with Crippen molar-refractivity contribution in [1.29, 1.82) is 0 Å². The zero-order chi connectivity index (χ0) is 22.4. The second-order valence-electron chi connectivity index (χ2n) is 6.98. The summed E-state index contributed by atoms with van der Waals surface area (Å²) in [5.41, 5.74) is 4.07. The summed E-state index contributed by atoms with van der Waals surface area (Å²) in [4.78, 5) is 25.2. The predicted octanol–water partition coefficient (Wildman–Crippen LogP) is 4.67. The lowest BCUT2D eigenvalue weighted by atomic mass is 10.1. The minimum Gasteiger partial charge on any atom is -0.485 e. The molecule has 6 nitrogen and oxygen atoms in total. The number of nitrogens with one attached hydrogen (secondary N) is 1. The van der Waals surface area contributed by atoms with Crippen molar-refractivity contribution < 1.29 is 18.3 Å². The highest BCUT2D eigenvalue weighted by Crippen LogP contribution is 2.24. The van der Waals surface area contributed by atoms with Crippen molar-refractivity contribution in [2.24, 2.45) is 0 Å². The molecule has 0 radical (unpaired) electrons. The first-order valence-corrected chi connectivity index (χ1v) is 10.6. The van der Waals surface area contributed by atoms with Crippen molar-refractivity contribution in [3.8, 4) is 17.0 Å². The van der Waals surface area contributed by atoms with Crippen LogP contribution in [0.2, 0.25) is 0 Å². The fourth-order valence-corrected chi connectivity index (χ4v) is 3.08. The highest BCUT2D eigenvalue weighted by molar-refractivity contribution is 14.1. The Morgan fingerprint density at radius 3 is 2.45 bits per heavy atom. The van der Waals surface area contributed by atoms with Gasteiger partial charge in [-0.05, 0) is 31.5 Å². The van der Waals surface area contributed by atoms with Crippen LogP contribution < -0.4 is 10.1 Å². The first-order chi connectivity index (χ1) is 14.7. The van der Waals surface area contributed by atoms with Gasteiger partial charge in [-0.1, -0.05) is 24.3 Å². The van der Waals surface area contributed by atoms with Gasteiger partial charge in [-0.3, -0.25) is 19.7 Å². The number of amides is 1. The number of ether oxygens (including phenoxy) is 1. The van der Waals surface area contributed by atoms with Crippen LogP contribution >= 0.6 is 22.6 Å². The minimum atomic E-state index is -2.94. The molecule has 162 valence electrons. The van der Waals surface area contributed by atoms with Gasteiger partial charge in [-0.25, -0.2) is 0 Å². The molecule has 9 heteroatoms. The molecule has 1 amide bonds. The second kappa shape index (κ2) is 10.1. The summed E-state index contributed by atoms with van der Waals surface area (Å²) < 4.78 is 27.8. The number of aromatic nitrogens is 3. The van der Waals surface area contributed by atoms with Crippen molar-refractivity contribution in [2.45, 2.75) is 30.2 Å². The molecule has 2 aromatic heterocycles. The Morgan fingerprint density at radius 1 is 1.13 bits per heavy atom. The third-order valence-electron chi connectivity index (χ3n) is 4.46. The summed E-state index contributed by atoms with van der Waals surface area (Å²) >= 11 is 1.02. The number of hydrogen-bond acceptors (Lipinski definition) is 5. The largest absolute Gasteiger partial charge is 0.485 e. The van der Waals surface area contributed by atoms with Crippen LogP contribution in [0.4, 0.5) is 8.78 Å². The molecule has 3 rings (SSSR count). The van der Waals surface area contributed by atoms with Gasteiger partial charge in [0.15, 0.2) is 6.61 Å². The lowest BCUT2D eigenvalue weighted by Gasteiger charge is -2.15. The van der Waals surface area contributed by atoms with Crippen molar-refractivity contribution in [3.05, 3.63) is 71.9 Å². The van der Waals surface area contributed by atoms with Crippen LogP contribution in [0, 0.1) is 6.92 Å². The van der Waals surface area contributed by atoms with Gasteiger partial charge in [0.1, 0.15) is 5.75 Å². The number of aryl methyl sites for hydroxylation is 1. The quantitative estimate of drug-likeness (QED) is 0.333. The first kappa shape index (κ1) is 23.0. The molecule has 1 N–H and O–H groups in total. The van der Waals surface area contributed by atoms with E-state index in [0.717, 1.165) is 45.1 Å². The fraction of sp³-hybridized carbons (Fsp3) is 0.273. The molecular formula is C22H21F2IN4O2. The summed E-state index contributed by atoms with van der Waals surface area (Å²) in [6.07, 6.45) is 4.89. The molecule has 0 aliphatic carbocycles. The average molecular weight is 538 g/mol. The number of carbonyl (C=O) groups excluding carboxylic acids is 1. The van der Waals surface area contributed by atoms with Crippen molar-refractivity contribution in [1.82, 2.24) is 20.3 Å². The molecule has 0 aliphatic heterocycles. The molecular weight excluding hydrogens is 517 g/mol. The third kappa shape index (κ3) is 6.91. The Labute approximate surface area is 192 Å². The van der Waals surface area contributed by atoms with Gasteiger partial charge in [0, 0.05) is 40.5 Å². The summed E-state index contributed by atoms with van der Waals surface area (Å²) in [5.74, 6) is 0.0969. The van der Waals surface area contributed by atoms with E-state index < -0.39 is 10.5 Å². The summed E-state index contributed by atoms with van der Waals surface area (Å²) in [6, 6.07) is 10.5. The average Bonchev–Trinajstić information content (AvgIpc) is 2.73. The van der Waals surface area contributed by atoms with Gasteiger partial charge >= 0.3 is 3.93 Å². The molecule has 0 saturated carbocycles. The number of hydrogen-bond donors (Lipinski definition) is 1. The van der Waals surface area contributed by atoms with Gasteiger partial charge in [-0.15, -0.1) is 0 Å². The highest BCUT2D eigenvalue weighted by atomic mass is 127. The van der Waals surface area contributed by atoms with E-state index >= 15 is 0 Å². The molecule has 1 aromatic carbocycles. The second-order valence-corrected chi connectivity index (χ2v) is 8.55. The van der Waals surface area contributed by atoms with Crippen LogP contribution in [-0.4, -0.2) is 31.4 Å². The van der Waals surface area contributed by atoms with Crippen LogP contribution in [-0.2, 0) is 11.2 Å². The molecule has 0 unspecified atom stereocenters. The van der Waals surface area contributed by atoms with Crippen molar-refractivity contribution in [2.75, 3.05) is 6.61 Å². The normalized spacial score (nSPS) is 12.3. The standard InChI is InChI=1S/C22H21F2IN4O2/c1-14(19-8-7-18(12-28-19)31-13-22(23,24)25)29-20(30)11-16-3-5-17(6-4-16)21-15(2)26-9-10-27-21/h3-10,12,14H,11,13H2,1-2H3,(H,29,30)/t14-/m1/s1. The topological polar surface area (TPSA) is 77.0 Å². The Kier molecular flexibility index (Phi) is 7.47. The molecule has 31 heavy (non-hydrogen) atoms. The minimum absolute atomic E-state index is 0.150. The summed E-state index contributed by atoms with van der Waals surface area (Å²) in [6.45, 7) is 2.98. The Hall–Kier alpha value is -2.69. The molecule has 0 aliphatic rings. The number of benzene rings is 1. The summed E-state index contributed by atoms with van der Waals surface area (Å²) in [5, 5.41) is 2.89. The smallest absolute Gasteiger partial charge is 0.329 e. The Balaban J connectivity index is 1.55. The highest BCUT2D eigenvalue weighted by Gasteiger charge is 2.24. The van der Waals surface area contributed by atoms with Crippen LogP contribution in [0.3, 0.4) is 0 Å². The van der Waals surface area contributed by atoms with Gasteiger partial charge in [0.2, 0.25) is 5.91 Å². The van der Waals surface area contributed by atoms with Gasteiger partial charge < -0.3 is 10.1 Å². The fourth-order valence-electron chi connectivity index (χ4n) is 2.92. The molecule has 1 atom stereocenters. The van der Waals surface area contributed by atoms with Crippen molar-refractivity contribution >= 4 is 28.5 Å². The van der Waals surface area contributed by atoms with E-state index in [2.05, 4.69) is 20.3 Å². The van der Waals surface area contributed by atoms with Gasteiger partial charge in [0.05, 0.1) is 35.7 Å². The number of rotatable bonds is 8. The number of nitrogens with zero attached hydrogens (tertiary/aromatic N) is 3. The monoisotopic (exact) mass is 538 g/mol. The maximum Gasteiger partial charge on any atom is 0.329 e. The van der Waals surface area contributed by atoms with Crippen LogP contribution in [0.15, 0.2) is 55.0 Å². The maximum absolute atomic E-state index is 12.9. The van der Waals surface area contributed by atoms with E-state index in [1.165, 1.54) is 6.20 Å². The maximum atomic E-state index is 12.9. The van der Waals surface area contributed by atoms with Crippen LogP contribution in [0.5, 0.6) is 5.75 Å². The lowest BCUT2D eigenvalue weighted by Crippen LogP contribution is -2.28. The van der Waals surface area contributed by atoms with Crippen LogP contribution in [0.1, 0.15) is 29.9 Å². The Morgan fingerprint density at radius 2 is 1.84 bits per heavy atom. The van der Waals surface area contributed by atoms with Crippen LogP contribution in [0.25, 0.3) is 11.3 Å². The zero-order valence-corrected chi connectivity index (χ0v) is 19.1. The summed E-state index contributed by atoms with van der Waals surface area (Å²) in [7, 11) is 0. The lowest BCUT2D eigenvalue weighted by molar-refractivity contribution is -0.121. The van der Waals surface area contributed by atoms with E-state index in [-0.39, 0.29) is 24.1 Å². The molecule has 0 fully saturated rings. The zero-order valence-electron chi connectivity index (χ0n) is 17.0. The molecule has 3 aromatic rings. The van der Waals surface area contributed by atoms with Gasteiger partial charge in [0.25, 0.3) is 0 Å². The van der Waals surface area contributed by atoms with Gasteiger partial charge in [-0.2, -0.15) is 8.78 Å². The van der Waals surface area contributed by atoms with Crippen molar-refractivity contribution in [3.63, 3.8) is 0 Å². The molecule has 0 saturated heterocycles. The number of alkyl halides is 3. The predicted molar refractivity (Wildman–Crippen MR) is 121 cm³/mol. The van der Waals surface area contributed by atoms with E-state index in [4.69, 9.17) is 4.74 Å². The van der Waals surface area contributed by atoms with E-state index in [0.29, 0.717) is 5.69 Å². The molecule has 0 spiro atoms. The first-order valence-electron chi connectivity index (χ1n) is 9.53. The molecule has 0 bridgehead atoms. The van der Waals surface area contributed by atoms with E-state index in [1.54, 1.807) is 31.5 Å². The number of pyridine rings is 1. The van der Waals surface area contributed by atoms with E-state index in [9.17, 15) is 13.6 Å². The SMILES string of the molecule is Cc1nccnc1-c1ccc(CC(=O)N[C@H](C)c2ccc(OCC(F)(F)I)cn2)cc1.